The molecule has 1 aromatic carbocycles. The Morgan fingerprint density at radius 1 is 0.786 bits per heavy atom. The van der Waals surface area contributed by atoms with Gasteiger partial charge in [0.25, 0.3) is 0 Å². The molecule has 0 atom stereocenters. The minimum atomic E-state index is -5.72. The highest BCUT2D eigenvalue weighted by Crippen LogP contribution is 2.44. The second-order valence-corrected chi connectivity index (χ2v) is 8.49. The highest BCUT2D eigenvalue weighted by atomic mass is 19.4. The maximum absolute atomic E-state index is 13.0. The maximum Gasteiger partial charge on any atom is 0.499 e. The van der Waals surface area contributed by atoms with Crippen LogP contribution in [0.2, 0.25) is 0 Å². The van der Waals surface area contributed by atoms with Gasteiger partial charge in [0.2, 0.25) is 0 Å². The fraction of sp³-hybridized carbons (Fsp3) is 0.727. The molecule has 2 fully saturated rings. The molecule has 158 valence electrons. The average molecular weight is 404 g/mol. The van der Waals surface area contributed by atoms with Gasteiger partial charge in [0.15, 0.2) is 0 Å². The SMILES string of the molecule is CC[C@H]1CC[C@H](C2CCC(c3ccc(OC(F)(F)C(F)(F)F)cc3)CC2)CC1. The minimum absolute atomic E-state index is 0.348. The Bertz CT molecular complexity index is 609. The molecule has 0 aromatic heterocycles. The second kappa shape index (κ2) is 8.58. The molecule has 2 aliphatic rings. The summed E-state index contributed by atoms with van der Waals surface area (Å²) in [5, 5.41) is 0. The van der Waals surface area contributed by atoms with Crippen LogP contribution in [0.25, 0.3) is 0 Å². The maximum atomic E-state index is 13.0. The highest BCUT2D eigenvalue weighted by Gasteiger charge is 2.61. The van der Waals surface area contributed by atoms with Crippen LogP contribution in [-0.2, 0) is 0 Å². The zero-order valence-corrected chi connectivity index (χ0v) is 16.3. The minimum Gasteiger partial charge on any atom is -0.426 e. The van der Waals surface area contributed by atoms with Gasteiger partial charge in [-0.2, -0.15) is 22.0 Å². The van der Waals surface area contributed by atoms with Crippen LogP contribution in [0.4, 0.5) is 22.0 Å². The molecule has 0 aliphatic heterocycles. The van der Waals surface area contributed by atoms with Gasteiger partial charge in [-0.1, -0.05) is 38.3 Å². The Morgan fingerprint density at radius 3 is 1.75 bits per heavy atom. The fourth-order valence-electron chi connectivity index (χ4n) is 5.01. The van der Waals surface area contributed by atoms with Crippen molar-refractivity contribution in [3.05, 3.63) is 29.8 Å². The Balaban J connectivity index is 1.51. The first-order valence-corrected chi connectivity index (χ1v) is 10.4. The zero-order valence-electron chi connectivity index (χ0n) is 16.3. The standard InChI is InChI=1S/C22H29F5O/c1-2-15-3-5-16(6-4-15)17-7-9-18(10-8-17)19-11-13-20(14-12-19)28-22(26,27)21(23,24)25/h11-18H,2-10H2,1H3/t15-,16-,17?,18?. The number of rotatable bonds is 5. The quantitative estimate of drug-likeness (QED) is 0.457. The Kier molecular flexibility index (Phi) is 6.55. The van der Waals surface area contributed by atoms with Crippen molar-refractivity contribution in [2.45, 2.75) is 82.9 Å². The van der Waals surface area contributed by atoms with Gasteiger partial charge in [0.1, 0.15) is 5.75 Å². The van der Waals surface area contributed by atoms with E-state index in [1.54, 1.807) is 12.1 Å². The predicted molar refractivity (Wildman–Crippen MR) is 98.5 cm³/mol. The molecule has 2 aliphatic carbocycles. The summed E-state index contributed by atoms with van der Waals surface area (Å²) >= 11 is 0. The van der Waals surface area contributed by atoms with Crippen molar-refractivity contribution in [1.82, 2.24) is 0 Å². The molecule has 0 bridgehead atoms. The van der Waals surface area contributed by atoms with E-state index in [9.17, 15) is 22.0 Å². The third kappa shape index (κ3) is 4.98. The van der Waals surface area contributed by atoms with Crippen LogP contribution in [-0.4, -0.2) is 12.3 Å². The first-order valence-electron chi connectivity index (χ1n) is 10.4. The number of halogens is 5. The molecule has 0 unspecified atom stereocenters. The number of benzene rings is 1. The molecule has 0 radical (unpaired) electrons. The predicted octanol–water partition coefficient (Wildman–Crippen LogP) is 7.71. The molecule has 28 heavy (non-hydrogen) atoms. The van der Waals surface area contributed by atoms with Crippen molar-refractivity contribution < 1.29 is 26.7 Å². The Hall–Kier alpha value is -1.33. The monoisotopic (exact) mass is 404 g/mol. The van der Waals surface area contributed by atoms with Gasteiger partial charge in [-0.25, -0.2) is 0 Å². The smallest absolute Gasteiger partial charge is 0.426 e. The van der Waals surface area contributed by atoms with E-state index in [0.29, 0.717) is 5.92 Å². The van der Waals surface area contributed by atoms with Crippen molar-refractivity contribution in [3.8, 4) is 5.75 Å². The zero-order chi connectivity index (χ0) is 20.4. The molecular formula is C22H29F5O. The molecular weight excluding hydrogens is 375 g/mol. The molecule has 3 rings (SSSR count). The third-order valence-electron chi connectivity index (χ3n) is 6.83. The van der Waals surface area contributed by atoms with Crippen LogP contribution in [0.3, 0.4) is 0 Å². The van der Waals surface area contributed by atoms with E-state index in [-0.39, 0.29) is 0 Å². The van der Waals surface area contributed by atoms with Crippen LogP contribution in [0, 0.1) is 17.8 Å². The Morgan fingerprint density at radius 2 is 1.29 bits per heavy atom. The molecule has 0 heterocycles. The van der Waals surface area contributed by atoms with Crippen LogP contribution in [0.1, 0.15) is 76.2 Å². The molecule has 0 saturated heterocycles. The highest BCUT2D eigenvalue weighted by molar-refractivity contribution is 5.30. The summed E-state index contributed by atoms with van der Waals surface area (Å²) in [6, 6.07) is 5.68. The lowest BCUT2D eigenvalue weighted by Gasteiger charge is -2.38. The normalized spacial score (nSPS) is 29.5. The van der Waals surface area contributed by atoms with Gasteiger partial charge in [0, 0.05) is 0 Å². The number of hydrogen-bond acceptors (Lipinski definition) is 1. The van der Waals surface area contributed by atoms with E-state index in [1.165, 1.54) is 57.1 Å². The summed E-state index contributed by atoms with van der Waals surface area (Å²) in [5.74, 6) is 2.40. The number of hydrogen-bond donors (Lipinski definition) is 0. The summed E-state index contributed by atoms with van der Waals surface area (Å²) in [6.45, 7) is 2.27. The van der Waals surface area contributed by atoms with Gasteiger partial charge in [-0.3, -0.25) is 0 Å². The molecule has 0 amide bonds. The summed E-state index contributed by atoms with van der Waals surface area (Å²) in [4.78, 5) is 0. The summed E-state index contributed by atoms with van der Waals surface area (Å²) in [6.07, 6.45) is 0.232. The van der Waals surface area contributed by atoms with E-state index in [2.05, 4.69) is 11.7 Å². The summed E-state index contributed by atoms with van der Waals surface area (Å²) in [7, 11) is 0. The molecule has 1 aromatic rings. The van der Waals surface area contributed by atoms with Crippen LogP contribution in [0.5, 0.6) is 5.75 Å². The number of ether oxygens (including phenoxy) is 1. The van der Waals surface area contributed by atoms with Gasteiger partial charge in [-0.15, -0.1) is 0 Å². The third-order valence-corrected chi connectivity index (χ3v) is 6.83. The first kappa shape index (κ1) is 21.4. The van der Waals surface area contributed by atoms with E-state index < -0.39 is 18.0 Å². The van der Waals surface area contributed by atoms with Crippen molar-refractivity contribution in [1.29, 1.82) is 0 Å². The van der Waals surface area contributed by atoms with Crippen molar-refractivity contribution in [2.24, 2.45) is 17.8 Å². The van der Waals surface area contributed by atoms with Gasteiger partial charge < -0.3 is 4.74 Å². The van der Waals surface area contributed by atoms with E-state index in [1.807, 2.05) is 0 Å². The lowest BCUT2D eigenvalue weighted by molar-refractivity contribution is -0.360. The number of alkyl halides is 5. The van der Waals surface area contributed by atoms with Crippen molar-refractivity contribution in [2.75, 3.05) is 0 Å². The summed E-state index contributed by atoms with van der Waals surface area (Å²) < 4.78 is 66.6. The molecule has 2 saturated carbocycles. The lowest BCUT2D eigenvalue weighted by Crippen LogP contribution is -2.41. The van der Waals surface area contributed by atoms with Gasteiger partial charge in [-0.05, 0) is 79.9 Å². The molecule has 1 nitrogen and oxygen atoms in total. The first-order chi connectivity index (χ1) is 13.2. The van der Waals surface area contributed by atoms with E-state index in [4.69, 9.17) is 0 Å². The van der Waals surface area contributed by atoms with Crippen LogP contribution >= 0.6 is 0 Å². The Labute approximate surface area is 163 Å². The van der Waals surface area contributed by atoms with Gasteiger partial charge in [0.05, 0.1) is 0 Å². The van der Waals surface area contributed by atoms with Gasteiger partial charge >= 0.3 is 12.3 Å². The summed E-state index contributed by atoms with van der Waals surface area (Å²) in [5.41, 5.74) is 0.996. The fourth-order valence-corrected chi connectivity index (χ4v) is 5.01. The van der Waals surface area contributed by atoms with Crippen molar-refractivity contribution >= 4 is 0 Å². The lowest BCUT2D eigenvalue weighted by atomic mass is 9.68. The van der Waals surface area contributed by atoms with Crippen LogP contribution < -0.4 is 4.74 Å². The molecule has 6 heteroatoms. The van der Waals surface area contributed by atoms with Crippen LogP contribution in [0.15, 0.2) is 24.3 Å². The van der Waals surface area contributed by atoms with E-state index in [0.717, 1.165) is 36.2 Å². The largest absolute Gasteiger partial charge is 0.499 e. The van der Waals surface area contributed by atoms with Crippen molar-refractivity contribution in [3.63, 3.8) is 0 Å². The average Bonchev–Trinajstić information content (AvgIpc) is 2.68. The molecule has 0 spiro atoms. The topological polar surface area (TPSA) is 9.23 Å². The second-order valence-electron chi connectivity index (χ2n) is 8.49. The molecule has 0 N–H and O–H groups in total. The van der Waals surface area contributed by atoms with E-state index >= 15 is 0 Å².